The van der Waals surface area contributed by atoms with Crippen LogP contribution in [0.2, 0.25) is 0 Å². The zero-order valence-electron chi connectivity index (χ0n) is 14.2. The Morgan fingerprint density at radius 2 is 1.91 bits per heavy atom. The number of ether oxygens (including phenoxy) is 1. The Morgan fingerprint density at radius 3 is 2.41 bits per heavy atom. The van der Waals surface area contributed by atoms with Crippen LogP contribution in [0.25, 0.3) is 0 Å². The number of aliphatic imine (C=N–C) groups is 1. The van der Waals surface area contributed by atoms with E-state index in [4.69, 9.17) is 4.74 Å². The Hall–Kier alpha value is -1.75. The normalized spacial score (nSPS) is 17.4. The molecule has 1 fully saturated rings. The topological polar surface area (TPSA) is 40.1 Å². The number of guanidine groups is 1. The molecule has 1 saturated heterocycles. The van der Waals surface area contributed by atoms with Gasteiger partial charge in [0.2, 0.25) is 0 Å². The second-order valence-corrected chi connectivity index (χ2v) is 5.85. The summed E-state index contributed by atoms with van der Waals surface area (Å²) < 4.78 is 5.27. The molecule has 5 nitrogen and oxygen atoms in total. The second-order valence-electron chi connectivity index (χ2n) is 5.85. The fraction of sp³-hybridized carbons (Fsp3) is 0.588. The third-order valence-corrected chi connectivity index (χ3v) is 4.17. The molecule has 0 amide bonds. The van der Waals surface area contributed by atoms with Crippen molar-refractivity contribution < 1.29 is 4.74 Å². The van der Waals surface area contributed by atoms with Gasteiger partial charge in [-0.3, -0.25) is 9.89 Å². The average molecular weight is 304 g/mol. The van der Waals surface area contributed by atoms with Gasteiger partial charge >= 0.3 is 0 Å². The summed E-state index contributed by atoms with van der Waals surface area (Å²) in [5.41, 5.74) is 1.32. The number of likely N-dealkylation sites (tertiary alicyclic amines) is 1. The fourth-order valence-electron chi connectivity index (χ4n) is 2.96. The zero-order chi connectivity index (χ0) is 15.9. The van der Waals surface area contributed by atoms with Gasteiger partial charge in [-0.2, -0.15) is 0 Å². The summed E-state index contributed by atoms with van der Waals surface area (Å²) in [7, 11) is 7.54. The zero-order valence-corrected chi connectivity index (χ0v) is 14.2. The number of benzene rings is 1. The van der Waals surface area contributed by atoms with Gasteiger partial charge in [-0.15, -0.1) is 0 Å². The van der Waals surface area contributed by atoms with Gasteiger partial charge in [-0.05, 0) is 43.6 Å². The van der Waals surface area contributed by atoms with E-state index in [0.717, 1.165) is 18.3 Å². The molecule has 1 atom stereocenters. The van der Waals surface area contributed by atoms with Gasteiger partial charge < -0.3 is 15.0 Å². The first-order valence-electron chi connectivity index (χ1n) is 7.91. The molecule has 5 heteroatoms. The Balaban J connectivity index is 2.11. The van der Waals surface area contributed by atoms with E-state index < -0.39 is 0 Å². The van der Waals surface area contributed by atoms with Crippen LogP contribution < -0.4 is 10.1 Å². The lowest BCUT2D eigenvalue weighted by Crippen LogP contribution is -2.42. The number of nitrogens with zero attached hydrogens (tertiary/aromatic N) is 3. The van der Waals surface area contributed by atoms with Crippen molar-refractivity contribution in [2.45, 2.75) is 18.9 Å². The molecule has 0 aliphatic carbocycles. The molecule has 0 radical (unpaired) electrons. The number of hydrogen-bond donors (Lipinski definition) is 1. The average Bonchev–Trinajstić information content (AvgIpc) is 3.05. The van der Waals surface area contributed by atoms with E-state index in [9.17, 15) is 0 Å². The molecular formula is C17H28N4O. The van der Waals surface area contributed by atoms with Crippen LogP contribution in [0.15, 0.2) is 29.3 Å². The highest BCUT2D eigenvalue weighted by molar-refractivity contribution is 5.79. The number of rotatable bonds is 5. The molecule has 2 rings (SSSR count). The number of nitrogens with one attached hydrogen (secondary N) is 1. The third-order valence-electron chi connectivity index (χ3n) is 4.17. The molecule has 1 aromatic rings. The fourth-order valence-corrected chi connectivity index (χ4v) is 2.96. The first-order chi connectivity index (χ1) is 10.7. The van der Waals surface area contributed by atoms with Crippen LogP contribution in [0.1, 0.15) is 24.4 Å². The Labute approximate surface area is 134 Å². The van der Waals surface area contributed by atoms with Gasteiger partial charge in [0.15, 0.2) is 5.96 Å². The number of hydrogen-bond acceptors (Lipinski definition) is 3. The maximum atomic E-state index is 5.27. The lowest BCUT2D eigenvalue weighted by atomic mass is 10.1. The molecule has 1 aliphatic heterocycles. The van der Waals surface area contributed by atoms with Gasteiger partial charge in [-0.1, -0.05) is 12.1 Å². The molecule has 1 aliphatic rings. The van der Waals surface area contributed by atoms with Crippen molar-refractivity contribution in [3.8, 4) is 5.75 Å². The van der Waals surface area contributed by atoms with Crippen molar-refractivity contribution in [2.75, 3.05) is 47.9 Å². The van der Waals surface area contributed by atoms with Crippen molar-refractivity contribution in [3.05, 3.63) is 29.8 Å². The molecule has 0 saturated carbocycles. The standard InChI is InChI=1S/C17H28N4O/c1-18-17(20(2)3)19-13-16(21-11-5-6-12-21)14-7-9-15(22-4)10-8-14/h7-10,16H,5-6,11-13H2,1-4H3,(H,18,19). The monoisotopic (exact) mass is 304 g/mol. The first-order valence-corrected chi connectivity index (χ1v) is 7.91. The number of methoxy groups -OCH3 is 1. The lowest BCUT2D eigenvalue weighted by Gasteiger charge is -2.29. The van der Waals surface area contributed by atoms with E-state index in [0.29, 0.717) is 6.04 Å². The molecule has 1 heterocycles. The van der Waals surface area contributed by atoms with Crippen LogP contribution in [-0.4, -0.2) is 63.6 Å². The van der Waals surface area contributed by atoms with E-state index in [1.165, 1.54) is 31.5 Å². The van der Waals surface area contributed by atoms with Crippen molar-refractivity contribution in [2.24, 2.45) is 4.99 Å². The molecule has 0 bridgehead atoms. The van der Waals surface area contributed by atoms with Crippen molar-refractivity contribution in [3.63, 3.8) is 0 Å². The van der Waals surface area contributed by atoms with Crippen molar-refractivity contribution >= 4 is 5.96 Å². The maximum absolute atomic E-state index is 5.27. The van der Waals surface area contributed by atoms with Crippen LogP contribution in [0, 0.1) is 0 Å². The quantitative estimate of drug-likeness (QED) is 0.667. The molecule has 122 valence electrons. The second kappa shape index (κ2) is 8.03. The summed E-state index contributed by atoms with van der Waals surface area (Å²) in [6.07, 6.45) is 2.57. The van der Waals surface area contributed by atoms with Crippen molar-refractivity contribution in [1.82, 2.24) is 15.1 Å². The molecule has 0 spiro atoms. The van der Waals surface area contributed by atoms with Gasteiger partial charge in [0.25, 0.3) is 0 Å². The summed E-state index contributed by atoms with van der Waals surface area (Å²) in [5, 5.41) is 3.48. The minimum atomic E-state index is 0.366. The third kappa shape index (κ3) is 4.13. The molecule has 0 aromatic heterocycles. The first kappa shape index (κ1) is 16.6. The van der Waals surface area contributed by atoms with Crippen LogP contribution in [0.4, 0.5) is 0 Å². The SMILES string of the molecule is CN=C(NCC(c1ccc(OC)cc1)N1CCCC1)N(C)C. The summed E-state index contributed by atoms with van der Waals surface area (Å²) in [5.74, 6) is 1.82. The summed E-state index contributed by atoms with van der Waals surface area (Å²) in [6, 6.07) is 8.78. The molecule has 1 N–H and O–H groups in total. The van der Waals surface area contributed by atoms with Gasteiger partial charge in [0, 0.05) is 27.7 Å². The largest absolute Gasteiger partial charge is 0.497 e. The molecule has 1 aromatic carbocycles. The Kier molecular flexibility index (Phi) is 6.07. The van der Waals surface area contributed by atoms with E-state index in [-0.39, 0.29) is 0 Å². The molecular weight excluding hydrogens is 276 g/mol. The smallest absolute Gasteiger partial charge is 0.193 e. The Bertz CT molecular complexity index is 478. The van der Waals surface area contributed by atoms with Crippen LogP contribution in [-0.2, 0) is 0 Å². The predicted molar refractivity (Wildman–Crippen MR) is 91.6 cm³/mol. The van der Waals surface area contributed by atoms with E-state index >= 15 is 0 Å². The summed E-state index contributed by atoms with van der Waals surface area (Å²) >= 11 is 0. The summed E-state index contributed by atoms with van der Waals surface area (Å²) in [6.45, 7) is 3.19. The molecule has 22 heavy (non-hydrogen) atoms. The highest BCUT2D eigenvalue weighted by Gasteiger charge is 2.23. The van der Waals surface area contributed by atoms with Gasteiger partial charge in [0.05, 0.1) is 13.2 Å². The highest BCUT2D eigenvalue weighted by Crippen LogP contribution is 2.26. The van der Waals surface area contributed by atoms with Crippen LogP contribution in [0.5, 0.6) is 5.75 Å². The van der Waals surface area contributed by atoms with Gasteiger partial charge in [-0.25, -0.2) is 0 Å². The predicted octanol–water partition coefficient (Wildman–Crippen LogP) is 1.97. The van der Waals surface area contributed by atoms with Gasteiger partial charge in [0.1, 0.15) is 5.75 Å². The van der Waals surface area contributed by atoms with E-state index in [2.05, 4.69) is 27.3 Å². The van der Waals surface area contributed by atoms with E-state index in [1.807, 2.05) is 38.2 Å². The summed E-state index contributed by atoms with van der Waals surface area (Å²) in [4.78, 5) is 8.86. The highest BCUT2D eigenvalue weighted by atomic mass is 16.5. The lowest BCUT2D eigenvalue weighted by molar-refractivity contribution is 0.244. The minimum Gasteiger partial charge on any atom is -0.497 e. The van der Waals surface area contributed by atoms with E-state index in [1.54, 1.807) is 7.11 Å². The Morgan fingerprint density at radius 1 is 1.27 bits per heavy atom. The molecule has 1 unspecified atom stereocenters. The van der Waals surface area contributed by atoms with Crippen LogP contribution in [0.3, 0.4) is 0 Å². The van der Waals surface area contributed by atoms with Crippen LogP contribution >= 0.6 is 0 Å². The maximum Gasteiger partial charge on any atom is 0.193 e. The van der Waals surface area contributed by atoms with Crippen molar-refractivity contribution in [1.29, 1.82) is 0 Å². The minimum absolute atomic E-state index is 0.366.